The molecule has 0 saturated carbocycles. The molecule has 0 aliphatic rings. The average Bonchev–Trinajstić information content (AvgIpc) is 3.63. The van der Waals surface area contributed by atoms with Gasteiger partial charge in [-0.15, -0.1) is 0 Å². The number of hydrogen-bond acceptors (Lipinski definition) is 1. The zero-order valence-corrected chi connectivity index (χ0v) is 31.8. The molecule has 0 saturated heterocycles. The van der Waals surface area contributed by atoms with E-state index in [1.54, 1.807) is 0 Å². The predicted molar refractivity (Wildman–Crippen MR) is 247 cm³/mol. The fourth-order valence-electron chi connectivity index (χ4n) is 8.94. The van der Waals surface area contributed by atoms with Crippen LogP contribution in [0.15, 0.2) is 231 Å². The largest absolute Gasteiger partial charge is 0.310 e. The second-order valence-corrected chi connectivity index (χ2v) is 14.9. The van der Waals surface area contributed by atoms with Crippen molar-refractivity contribution in [3.63, 3.8) is 0 Å². The number of hydrogen-bond donors (Lipinski definition) is 0. The molecule has 11 aromatic rings. The summed E-state index contributed by atoms with van der Waals surface area (Å²) < 4.78 is 2.45. The van der Waals surface area contributed by atoms with Crippen LogP contribution in [0, 0.1) is 0 Å². The van der Waals surface area contributed by atoms with Crippen molar-refractivity contribution in [3.05, 3.63) is 231 Å². The molecule has 58 heavy (non-hydrogen) atoms. The SMILES string of the molecule is c1ccc(-c2ccccc2-n2c3ccccc3c3ccc(N(c4ccccc4)c4ccc(-c5cccc6ccccc56)cc4-c4cccc5ccccc45)cc32)cc1. The molecule has 0 spiro atoms. The fraction of sp³-hybridized carbons (Fsp3) is 0. The fourth-order valence-corrected chi connectivity index (χ4v) is 8.94. The van der Waals surface area contributed by atoms with Crippen molar-refractivity contribution >= 4 is 60.4 Å². The van der Waals surface area contributed by atoms with Crippen molar-refractivity contribution in [2.24, 2.45) is 0 Å². The maximum Gasteiger partial charge on any atom is 0.0562 e. The molecule has 272 valence electrons. The molecule has 2 nitrogen and oxygen atoms in total. The Kier molecular flexibility index (Phi) is 8.19. The summed E-state index contributed by atoms with van der Waals surface area (Å²) in [5, 5.41) is 7.37. The molecule has 0 aliphatic heterocycles. The highest BCUT2D eigenvalue weighted by Crippen LogP contribution is 2.46. The van der Waals surface area contributed by atoms with Crippen LogP contribution in [-0.2, 0) is 0 Å². The van der Waals surface area contributed by atoms with Gasteiger partial charge in [-0.3, -0.25) is 0 Å². The zero-order chi connectivity index (χ0) is 38.4. The molecule has 0 radical (unpaired) electrons. The van der Waals surface area contributed by atoms with Crippen LogP contribution < -0.4 is 4.90 Å². The highest BCUT2D eigenvalue weighted by atomic mass is 15.1. The molecule has 10 aromatic carbocycles. The van der Waals surface area contributed by atoms with Gasteiger partial charge in [0.05, 0.1) is 22.4 Å². The highest BCUT2D eigenvalue weighted by molar-refractivity contribution is 6.11. The van der Waals surface area contributed by atoms with Crippen LogP contribution in [0.2, 0.25) is 0 Å². The number of benzene rings is 10. The standard InChI is InChI=1S/C56H38N2/c1-3-17-41(18-4-1)48-27-11-13-31-53(48)58-54-32-14-12-28-50(54)51-35-34-44(38-56(51)58)57(43-23-5-2-6-24-43)55-36-33-42(47-29-15-21-39-19-7-9-25-45(39)47)37-52(55)49-30-16-22-40-20-8-10-26-46(40)49/h1-38H. The molecular formula is C56H38N2. The minimum atomic E-state index is 1.08. The van der Waals surface area contributed by atoms with Crippen LogP contribution in [0.25, 0.3) is 82.4 Å². The van der Waals surface area contributed by atoms with Gasteiger partial charge in [-0.25, -0.2) is 0 Å². The van der Waals surface area contributed by atoms with E-state index < -0.39 is 0 Å². The maximum atomic E-state index is 2.45. The first kappa shape index (κ1) is 33.6. The summed E-state index contributed by atoms with van der Waals surface area (Å²) in [6.45, 7) is 0. The molecule has 0 fully saturated rings. The van der Waals surface area contributed by atoms with Crippen molar-refractivity contribution in [1.29, 1.82) is 0 Å². The molecule has 11 rings (SSSR count). The van der Waals surface area contributed by atoms with Gasteiger partial charge in [0.2, 0.25) is 0 Å². The first-order valence-corrected chi connectivity index (χ1v) is 19.9. The molecule has 1 aromatic heterocycles. The van der Waals surface area contributed by atoms with Gasteiger partial charge in [0.1, 0.15) is 0 Å². The molecule has 0 atom stereocenters. The third kappa shape index (κ3) is 5.66. The topological polar surface area (TPSA) is 8.17 Å². The molecular weight excluding hydrogens is 701 g/mol. The first-order chi connectivity index (χ1) is 28.8. The number of nitrogens with zero attached hydrogens (tertiary/aromatic N) is 2. The van der Waals surface area contributed by atoms with Gasteiger partial charge in [-0.05, 0) is 92.3 Å². The third-order valence-corrected chi connectivity index (χ3v) is 11.6. The van der Waals surface area contributed by atoms with Gasteiger partial charge >= 0.3 is 0 Å². The molecule has 0 amide bonds. The van der Waals surface area contributed by atoms with Crippen LogP contribution in [0.1, 0.15) is 0 Å². The van der Waals surface area contributed by atoms with Crippen molar-refractivity contribution in [2.75, 3.05) is 4.90 Å². The maximum absolute atomic E-state index is 2.45. The van der Waals surface area contributed by atoms with Gasteiger partial charge in [-0.2, -0.15) is 0 Å². The smallest absolute Gasteiger partial charge is 0.0562 e. The molecule has 1 heterocycles. The highest BCUT2D eigenvalue weighted by Gasteiger charge is 2.22. The molecule has 2 heteroatoms. The van der Waals surface area contributed by atoms with Gasteiger partial charge in [-0.1, -0.05) is 182 Å². The van der Waals surface area contributed by atoms with Gasteiger partial charge in [0, 0.05) is 33.3 Å². The summed E-state index contributed by atoms with van der Waals surface area (Å²) in [4.78, 5) is 2.44. The number of rotatable bonds is 7. The van der Waals surface area contributed by atoms with E-state index in [9.17, 15) is 0 Å². The van der Waals surface area contributed by atoms with Crippen LogP contribution in [0.4, 0.5) is 17.1 Å². The van der Waals surface area contributed by atoms with E-state index in [4.69, 9.17) is 0 Å². The lowest BCUT2D eigenvalue weighted by Crippen LogP contribution is -2.11. The van der Waals surface area contributed by atoms with E-state index >= 15 is 0 Å². The summed E-state index contributed by atoms with van der Waals surface area (Å²) >= 11 is 0. The molecule has 0 N–H and O–H groups in total. The van der Waals surface area contributed by atoms with Crippen LogP contribution in [0.5, 0.6) is 0 Å². The Morgan fingerprint density at radius 3 is 1.64 bits per heavy atom. The van der Waals surface area contributed by atoms with E-state index in [1.807, 2.05) is 0 Å². The first-order valence-electron chi connectivity index (χ1n) is 19.9. The Labute approximate surface area is 338 Å². The normalized spacial score (nSPS) is 11.4. The van der Waals surface area contributed by atoms with Crippen molar-refractivity contribution < 1.29 is 0 Å². The third-order valence-electron chi connectivity index (χ3n) is 11.6. The predicted octanol–water partition coefficient (Wildman–Crippen LogP) is 15.6. The lowest BCUT2D eigenvalue weighted by atomic mass is 9.91. The summed E-state index contributed by atoms with van der Waals surface area (Å²) in [6.07, 6.45) is 0. The van der Waals surface area contributed by atoms with Gasteiger partial charge < -0.3 is 9.47 Å². The summed E-state index contributed by atoms with van der Waals surface area (Å²) in [5.74, 6) is 0. The number of para-hydroxylation sites is 3. The van der Waals surface area contributed by atoms with Crippen LogP contribution >= 0.6 is 0 Å². The Morgan fingerprint density at radius 1 is 0.293 bits per heavy atom. The van der Waals surface area contributed by atoms with Crippen molar-refractivity contribution in [2.45, 2.75) is 0 Å². The van der Waals surface area contributed by atoms with E-state index in [-0.39, 0.29) is 0 Å². The zero-order valence-electron chi connectivity index (χ0n) is 31.8. The van der Waals surface area contributed by atoms with E-state index in [2.05, 4.69) is 240 Å². The van der Waals surface area contributed by atoms with Gasteiger partial charge in [0.25, 0.3) is 0 Å². The number of anilines is 3. The Morgan fingerprint density at radius 2 is 0.862 bits per heavy atom. The van der Waals surface area contributed by atoms with E-state index in [1.165, 1.54) is 71.2 Å². The summed E-state index contributed by atoms with van der Waals surface area (Å²) in [5.41, 5.74) is 13.9. The Hall–Kier alpha value is -7.68. The average molecular weight is 739 g/mol. The van der Waals surface area contributed by atoms with Crippen molar-refractivity contribution in [1.82, 2.24) is 4.57 Å². The summed E-state index contributed by atoms with van der Waals surface area (Å²) in [6, 6.07) is 83.8. The van der Waals surface area contributed by atoms with Gasteiger partial charge in [0.15, 0.2) is 0 Å². The van der Waals surface area contributed by atoms with Crippen molar-refractivity contribution in [3.8, 4) is 39.1 Å². The van der Waals surface area contributed by atoms with E-state index in [0.717, 1.165) is 28.3 Å². The number of aromatic nitrogens is 1. The Balaban J connectivity index is 1.19. The lowest BCUT2D eigenvalue weighted by Gasteiger charge is -2.29. The molecule has 0 unspecified atom stereocenters. The molecule has 0 aliphatic carbocycles. The second-order valence-electron chi connectivity index (χ2n) is 14.9. The lowest BCUT2D eigenvalue weighted by molar-refractivity contribution is 1.18. The Bertz CT molecular complexity index is 3280. The van der Waals surface area contributed by atoms with Crippen LogP contribution in [0.3, 0.4) is 0 Å². The second kappa shape index (κ2) is 14.1. The minimum Gasteiger partial charge on any atom is -0.310 e. The monoisotopic (exact) mass is 738 g/mol. The summed E-state index contributed by atoms with van der Waals surface area (Å²) in [7, 11) is 0. The minimum absolute atomic E-state index is 1.08. The quantitative estimate of drug-likeness (QED) is 0.158. The molecule has 0 bridgehead atoms. The van der Waals surface area contributed by atoms with E-state index in [0.29, 0.717) is 0 Å². The number of fused-ring (bicyclic) bond motifs is 5. The van der Waals surface area contributed by atoms with Crippen LogP contribution in [-0.4, -0.2) is 4.57 Å².